The van der Waals surface area contributed by atoms with Gasteiger partial charge in [-0.25, -0.2) is 0 Å². The van der Waals surface area contributed by atoms with Crippen LogP contribution < -0.4 is 9.64 Å². The molecule has 1 spiro atoms. The third-order valence-corrected chi connectivity index (χ3v) is 14.4. The van der Waals surface area contributed by atoms with E-state index in [1.165, 1.54) is 55.2 Å². The molecule has 0 radical (unpaired) electrons. The zero-order valence-corrected chi connectivity index (χ0v) is 36.2. The van der Waals surface area contributed by atoms with Gasteiger partial charge in [-0.15, -0.1) is 0 Å². The lowest BCUT2D eigenvalue weighted by molar-refractivity contribution is 0.447. The van der Waals surface area contributed by atoms with Crippen LogP contribution in [0.4, 0.5) is 17.1 Å². The smallest absolute Gasteiger partial charge is 0.140 e. The molecule has 0 amide bonds. The molecule has 2 heterocycles. The van der Waals surface area contributed by atoms with Crippen molar-refractivity contribution in [2.24, 2.45) is 0 Å². The molecule has 11 aromatic rings. The number of hydrogen-bond acceptors (Lipinski definition) is 2. The molecule has 0 unspecified atom stereocenters. The predicted octanol–water partition coefficient (Wildman–Crippen LogP) is 16.8. The van der Waals surface area contributed by atoms with Crippen LogP contribution >= 0.6 is 0 Å². The van der Waals surface area contributed by atoms with Crippen molar-refractivity contribution in [3.05, 3.63) is 258 Å². The number of hydrogen-bond donors (Lipinski definition) is 0. The number of nitrogens with zero attached hydrogens (tertiary/aromatic N) is 2. The first-order valence-electron chi connectivity index (χ1n) is 23.1. The molecule has 0 saturated heterocycles. The maximum atomic E-state index is 7.29. The summed E-state index contributed by atoms with van der Waals surface area (Å²) in [6.45, 7) is 0. The van der Waals surface area contributed by atoms with E-state index in [-0.39, 0.29) is 0 Å². The zero-order chi connectivity index (χ0) is 43.3. The molecule has 3 aliphatic rings. The molecule has 0 N–H and O–H groups in total. The Morgan fingerprint density at radius 1 is 0.424 bits per heavy atom. The maximum absolute atomic E-state index is 7.29. The molecule has 310 valence electrons. The maximum Gasteiger partial charge on any atom is 0.140 e. The fourth-order valence-electron chi connectivity index (χ4n) is 11.6. The SMILES string of the molecule is C1=CC(c2ccc(N(c3ccc4c(c3)C3(c5ccccc5-4)c4ccc5ccccc5c4Oc4c3ccc3ccccc43)c3ccc4c(c3)c3ccccc3n4-c3ccccc3)cc2)=CCC1. The van der Waals surface area contributed by atoms with Crippen molar-refractivity contribution in [2.75, 3.05) is 4.90 Å². The van der Waals surface area contributed by atoms with E-state index in [2.05, 4.69) is 240 Å². The number of anilines is 3. The third-order valence-electron chi connectivity index (χ3n) is 14.4. The number of allylic oxidation sites excluding steroid dienone is 4. The monoisotopic (exact) mass is 842 g/mol. The highest BCUT2D eigenvalue weighted by molar-refractivity contribution is 6.11. The zero-order valence-electron chi connectivity index (χ0n) is 36.2. The predicted molar refractivity (Wildman–Crippen MR) is 274 cm³/mol. The van der Waals surface area contributed by atoms with Gasteiger partial charge in [-0.2, -0.15) is 0 Å². The van der Waals surface area contributed by atoms with Gasteiger partial charge in [-0.1, -0.05) is 170 Å². The Balaban J connectivity index is 1.05. The molecule has 3 heteroatoms. The number of para-hydroxylation sites is 2. The Morgan fingerprint density at radius 3 is 1.77 bits per heavy atom. The number of benzene rings is 10. The highest BCUT2D eigenvalue weighted by atomic mass is 16.5. The molecule has 0 atom stereocenters. The first-order chi connectivity index (χ1) is 32.7. The molecule has 1 aliphatic heterocycles. The molecule has 2 aliphatic carbocycles. The van der Waals surface area contributed by atoms with Crippen molar-refractivity contribution in [3.8, 4) is 28.3 Å². The van der Waals surface area contributed by atoms with E-state index >= 15 is 0 Å². The van der Waals surface area contributed by atoms with Crippen molar-refractivity contribution < 1.29 is 4.74 Å². The van der Waals surface area contributed by atoms with Gasteiger partial charge >= 0.3 is 0 Å². The number of rotatable bonds is 5. The van der Waals surface area contributed by atoms with Gasteiger partial charge in [0, 0.05) is 55.4 Å². The second-order valence-corrected chi connectivity index (χ2v) is 17.9. The fraction of sp³-hybridized carbons (Fsp3) is 0.0476. The van der Waals surface area contributed by atoms with Crippen LogP contribution in [0, 0.1) is 0 Å². The Morgan fingerprint density at radius 2 is 1.03 bits per heavy atom. The van der Waals surface area contributed by atoms with Crippen molar-refractivity contribution in [1.29, 1.82) is 0 Å². The minimum Gasteiger partial charge on any atom is -0.455 e. The lowest BCUT2D eigenvalue weighted by Gasteiger charge is -2.40. The Bertz CT molecular complexity index is 3770. The molecule has 1 aromatic heterocycles. The Labute approximate surface area is 383 Å². The van der Waals surface area contributed by atoms with Crippen LogP contribution in [0.15, 0.2) is 231 Å². The van der Waals surface area contributed by atoms with Crippen LogP contribution in [-0.4, -0.2) is 4.57 Å². The molecular weight excluding hydrogens is 801 g/mol. The van der Waals surface area contributed by atoms with Crippen LogP contribution in [0.3, 0.4) is 0 Å². The summed E-state index contributed by atoms with van der Waals surface area (Å²) in [5.41, 5.74) is 16.0. The van der Waals surface area contributed by atoms with Crippen LogP contribution in [-0.2, 0) is 5.41 Å². The van der Waals surface area contributed by atoms with Crippen LogP contribution in [0.5, 0.6) is 11.5 Å². The minimum absolute atomic E-state index is 0.665. The van der Waals surface area contributed by atoms with Gasteiger partial charge in [-0.3, -0.25) is 0 Å². The molecule has 0 bridgehead atoms. The number of fused-ring (bicyclic) bond motifs is 16. The summed E-state index contributed by atoms with van der Waals surface area (Å²) in [6.07, 6.45) is 9.07. The van der Waals surface area contributed by atoms with E-state index in [1.807, 2.05) is 0 Å². The van der Waals surface area contributed by atoms with E-state index in [0.717, 1.165) is 79.8 Å². The van der Waals surface area contributed by atoms with Crippen LogP contribution in [0.2, 0.25) is 0 Å². The summed E-state index contributed by atoms with van der Waals surface area (Å²) in [6, 6.07) is 78.4. The number of ether oxygens (including phenoxy) is 1. The molecule has 66 heavy (non-hydrogen) atoms. The van der Waals surface area contributed by atoms with Crippen molar-refractivity contribution in [1.82, 2.24) is 4.57 Å². The van der Waals surface area contributed by atoms with Crippen LogP contribution in [0.1, 0.15) is 40.7 Å². The second kappa shape index (κ2) is 14.3. The first-order valence-corrected chi connectivity index (χ1v) is 23.1. The van der Waals surface area contributed by atoms with Gasteiger partial charge in [-0.05, 0) is 118 Å². The summed E-state index contributed by atoms with van der Waals surface area (Å²) in [5, 5.41) is 6.98. The quantitative estimate of drug-likeness (QED) is 0.172. The van der Waals surface area contributed by atoms with Crippen molar-refractivity contribution in [3.63, 3.8) is 0 Å². The standard InChI is InChI=1S/C63H42N2O/c1-3-15-41(16-4-1)42-27-31-46(32-28-42)64(47-34-38-60-54(39-47)53-24-12-14-26-59(53)65(60)45-19-5-2-6-20-45)48-33-35-52-51-23-11-13-25-55(51)63(58(52)40-48)56-36-29-43-17-7-9-21-49(43)61(56)66-62-50-22-10-8-18-44(50)30-37-57(62)63/h2-3,5-40H,1,4H2. The summed E-state index contributed by atoms with van der Waals surface area (Å²) in [7, 11) is 0. The third kappa shape index (κ3) is 5.26. The summed E-state index contributed by atoms with van der Waals surface area (Å²) in [5.74, 6) is 1.84. The summed E-state index contributed by atoms with van der Waals surface area (Å²) in [4.78, 5) is 2.46. The molecule has 0 saturated carbocycles. The molecule has 10 aromatic carbocycles. The average Bonchev–Trinajstić information content (AvgIpc) is 3.87. The highest BCUT2D eigenvalue weighted by Gasteiger charge is 2.52. The molecular formula is C63H42N2O. The lowest BCUT2D eigenvalue weighted by Crippen LogP contribution is -2.32. The minimum atomic E-state index is -0.665. The first kappa shape index (κ1) is 37.0. The Kier molecular flexibility index (Phi) is 8.02. The number of aromatic nitrogens is 1. The second-order valence-electron chi connectivity index (χ2n) is 17.9. The Hall–Kier alpha value is -8.40. The fourth-order valence-corrected chi connectivity index (χ4v) is 11.6. The van der Waals surface area contributed by atoms with Crippen molar-refractivity contribution >= 4 is 66.0 Å². The average molecular weight is 843 g/mol. The summed E-state index contributed by atoms with van der Waals surface area (Å²) < 4.78 is 9.68. The topological polar surface area (TPSA) is 17.4 Å². The van der Waals surface area contributed by atoms with Gasteiger partial charge in [0.05, 0.1) is 16.4 Å². The van der Waals surface area contributed by atoms with Crippen molar-refractivity contribution in [2.45, 2.75) is 18.3 Å². The van der Waals surface area contributed by atoms with E-state index in [0.29, 0.717) is 0 Å². The van der Waals surface area contributed by atoms with Gasteiger partial charge in [0.15, 0.2) is 0 Å². The molecule has 14 rings (SSSR count). The van der Waals surface area contributed by atoms with E-state index in [1.54, 1.807) is 0 Å². The van der Waals surface area contributed by atoms with Crippen LogP contribution in [0.25, 0.3) is 65.7 Å². The molecule has 3 nitrogen and oxygen atoms in total. The van der Waals surface area contributed by atoms with E-state index in [9.17, 15) is 0 Å². The van der Waals surface area contributed by atoms with Gasteiger partial charge in [0.2, 0.25) is 0 Å². The van der Waals surface area contributed by atoms with Gasteiger partial charge in [0.25, 0.3) is 0 Å². The summed E-state index contributed by atoms with van der Waals surface area (Å²) >= 11 is 0. The van der Waals surface area contributed by atoms with Gasteiger partial charge < -0.3 is 14.2 Å². The highest BCUT2D eigenvalue weighted by Crippen LogP contribution is 2.64. The normalized spacial score (nSPS) is 14.2. The largest absolute Gasteiger partial charge is 0.455 e. The van der Waals surface area contributed by atoms with E-state index in [4.69, 9.17) is 4.74 Å². The van der Waals surface area contributed by atoms with E-state index < -0.39 is 5.41 Å². The lowest BCUT2D eigenvalue weighted by atomic mass is 9.65. The van der Waals surface area contributed by atoms with Gasteiger partial charge in [0.1, 0.15) is 11.5 Å². The molecule has 0 fully saturated rings.